The Hall–Kier alpha value is -1.10. The van der Waals surface area contributed by atoms with E-state index >= 15 is 0 Å². The molecule has 0 aliphatic carbocycles. The van der Waals surface area contributed by atoms with Crippen LogP contribution in [-0.2, 0) is 19.1 Å². The molecule has 0 aliphatic heterocycles. The molecule has 0 fully saturated rings. The summed E-state index contributed by atoms with van der Waals surface area (Å²) in [6.07, 6.45) is -3.08. The van der Waals surface area contributed by atoms with Crippen LogP contribution in [0.2, 0.25) is 0 Å². The molecule has 1 aromatic heterocycles. The molecule has 1 aromatic rings. The third-order valence-electron chi connectivity index (χ3n) is 2.33. The first-order chi connectivity index (χ1) is 7.40. The monoisotopic (exact) mass is 232 g/mol. The topological polar surface area (TPSA) is 38.9 Å². The van der Waals surface area contributed by atoms with E-state index in [0.717, 1.165) is 12.5 Å². The van der Waals surface area contributed by atoms with Gasteiger partial charge in [-0.1, -0.05) is 13.3 Å². The summed E-state index contributed by atoms with van der Waals surface area (Å²) in [4.78, 5) is 4.13. The Morgan fingerprint density at radius 1 is 1.38 bits per heavy atom. The normalized spacial score (nSPS) is 11.9. The molecular weight excluding hydrogens is 217 g/mol. The molecule has 0 aromatic carbocycles. The van der Waals surface area contributed by atoms with Gasteiger partial charge in [-0.15, -0.1) is 0 Å². The van der Waals surface area contributed by atoms with Gasteiger partial charge in [-0.3, -0.25) is 4.98 Å². The van der Waals surface area contributed by atoms with Crippen LogP contribution in [-0.4, -0.2) is 4.98 Å². The first-order valence-corrected chi connectivity index (χ1v) is 5.16. The quantitative estimate of drug-likeness (QED) is 0.870. The van der Waals surface area contributed by atoms with Crippen LogP contribution in [0.1, 0.15) is 35.9 Å². The molecule has 2 nitrogen and oxygen atoms in total. The predicted octanol–water partition coefficient (Wildman–Crippen LogP) is 2.82. The van der Waals surface area contributed by atoms with Crippen molar-refractivity contribution in [2.75, 3.05) is 0 Å². The van der Waals surface area contributed by atoms with Crippen molar-refractivity contribution in [1.29, 1.82) is 0 Å². The highest BCUT2D eigenvalue weighted by molar-refractivity contribution is 5.35. The van der Waals surface area contributed by atoms with Crippen molar-refractivity contribution in [2.24, 2.45) is 5.73 Å². The largest absolute Gasteiger partial charge is 0.416 e. The number of rotatable bonds is 3. The second-order valence-electron chi connectivity index (χ2n) is 3.69. The highest BCUT2D eigenvalue weighted by Gasteiger charge is 2.34. The van der Waals surface area contributed by atoms with E-state index in [4.69, 9.17) is 5.73 Å². The Bertz CT molecular complexity index is 372. The third-order valence-corrected chi connectivity index (χ3v) is 2.33. The van der Waals surface area contributed by atoms with E-state index < -0.39 is 11.7 Å². The lowest BCUT2D eigenvalue weighted by Crippen LogP contribution is -2.16. The number of hydrogen-bond donors (Lipinski definition) is 1. The number of nitrogens with zero attached hydrogens (tertiary/aromatic N) is 1. The van der Waals surface area contributed by atoms with Crippen molar-refractivity contribution in [3.63, 3.8) is 0 Å². The smallest absolute Gasteiger partial charge is 0.326 e. The lowest BCUT2D eigenvalue weighted by atomic mass is 10.0. The number of nitrogens with two attached hydrogens (primary N) is 1. The van der Waals surface area contributed by atoms with Gasteiger partial charge in [0.1, 0.15) is 0 Å². The average molecular weight is 232 g/mol. The van der Waals surface area contributed by atoms with Gasteiger partial charge in [0.05, 0.1) is 5.56 Å². The Kier molecular flexibility index (Phi) is 3.91. The molecule has 1 rings (SSSR count). The zero-order valence-electron chi connectivity index (χ0n) is 9.36. The fraction of sp³-hybridized carbons (Fsp3) is 0.545. The van der Waals surface area contributed by atoms with Crippen molar-refractivity contribution < 1.29 is 13.2 Å². The molecule has 5 heteroatoms. The van der Waals surface area contributed by atoms with E-state index in [1.165, 1.54) is 0 Å². The Labute approximate surface area is 92.7 Å². The molecule has 1 heterocycles. The van der Waals surface area contributed by atoms with Crippen LogP contribution in [0.25, 0.3) is 0 Å². The molecule has 16 heavy (non-hydrogen) atoms. The molecule has 0 saturated heterocycles. The number of hydrogen-bond acceptors (Lipinski definition) is 2. The van der Waals surface area contributed by atoms with Gasteiger partial charge in [0.15, 0.2) is 0 Å². The van der Waals surface area contributed by atoms with Crippen LogP contribution in [0.4, 0.5) is 13.2 Å². The van der Waals surface area contributed by atoms with Crippen molar-refractivity contribution in [1.82, 2.24) is 4.98 Å². The summed E-state index contributed by atoms with van der Waals surface area (Å²) >= 11 is 0. The molecule has 0 spiro atoms. The third kappa shape index (κ3) is 2.72. The van der Waals surface area contributed by atoms with Gasteiger partial charge in [-0.2, -0.15) is 13.2 Å². The molecule has 0 amide bonds. The van der Waals surface area contributed by atoms with E-state index in [2.05, 4.69) is 4.98 Å². The number of halogens is 3. The average Bonchev–Trinajstić information content (AvgIpc) is 2.16. The maximum Gasteiger partial charge on any atom is 0.416 e. The van der Waals surface area contributed by atoms with Gasteiger partial charge in [-0.05, 0) is 25.0 Å². The Morgan fingerprint density at radius 2 is 2.00 bits per heavy atom. The molecule has 90 valence electrons. The van der Waals surface area contributed by atoms with Gasteiger partial charge >= 0.3 is 6.18 Å². The summed E-state index contributed by atoms with van der Waals surface area (Å²) in [6.45, 7) is 3.34. The number of pyridine rings is 1. The maximum atomic E-state index is 12.8. The second kappa shape index (κ2) is 4.82. The number of aromatic nitrogens is 1. The van der Waals surface area contributed by atoms with Gasteiger partial charge in [0, 0.05) is 17.9 Å². The molecule has 2 N–H and O–H groups in total. The Morgan fingerprint density at radius 3 is 2.44 bits per heavy atom. The van der Waals surface area contributed by atoms with Crippen molar-refractivity contribution in [3.05, 3.63) is 28.6 Å². The van der Waals surface area contributed by atoms with E-state index in [0.29, 0.717) is 17.8 Å². The molecular formula is C11H15F3N2. The number of alkyl halides is 3. The minimum atomic E-state index is -4.36. The van der Waals surface area contributed by atoms with Gasteiger partial charge in [0.25, 0.3) is 0 Å². The summed E-state index contributed by atoms with van der Waals surface area (Å²) in [5.41, 5.74) is 5.72. The highest BCUT2D eigenvalue weighted by Crippen LogP contribution is 2.33. The standard InChI is InChI=1S/C11H15F3N2/c1-3-4-10-8(6-15)9(11(12,13)14)5-7(2)16-10/h5H,3-4,6,15H2,1-2H3. The first kappa shape index (κ1) is 13.0. The van der Waals surface area contributed by atoms with Crippen LogP contribution >= 0.6 is 0 Å². The zero-order valence-corrected chi connectivity index (χ0v) is 9.36. The van der Waals surface area contributed by atoms with Crippen LogP contribution in [0.5, 0.6) is 0 Å². The summed E-state index contributed by atoms with van der Waals surface area (Å²) in [7, 11) is 0. The van der Waals surface area contributed by atoms with Gasteiger partial charge in [0.2, 0.25) is 0 Å². The molecule has 0 bridgehead atoms. The summed E-state index contributed by atoms with van der Waals surface area (Å²) < 4.78 is 38.3. The minimum Gasteiger partial charge on any atom is -0.326 e. The fourth-order valence-corrected chi connectivity index (χ4v) is 1.69. The van der Waals surface area contributed by atoms with E-state index in [1.54, 1.807) is 6.92 Å². The van der Waals surface area contributed by atoms with E-state index in [1.807, 2.05) is 6.92 Å². The molecule has 0 unspecified atom stereocenters. The molecule has 0 aliphatic rings. The van der Waals surface area contributed by atoms with Crippen LogP contribution in [0, 0.1) is 6.92 Å². The molecule has 0 saturated carbocycles. The predicted molar refractivity (Wildman–Crippen MR) is 55.9 cm³/mol. The molecule has 0 atom stereocenters. The van der Waals surface area contributed by atoms with Crippen LogP contribution in [0.15, 0.2) is 6.07 Å². The zero-order chi connectivity index (χ0) is 12.3. The maximum absolute atomic E-state index is 12.8. The van der Waals surface area contributed by atoms with Gasteiger partial charge in [-0.25, -0.2) is 0 Å². The second-order valence-corrected chi connectivity index (χ2v) is 3.69. The lowest BCUT2D eigenvalue weighted by Gasteiger charge is -2.15. The van der Waals surface area contributed by atoms with Crippen LogP contribution in [0.3, 0.4) is 0 Å². The van der Waals surface area contributed by atoms with Crippen LogP contribution < -0.4 is 5.73 Å². The number of aryl methyl sites for hydroxylation is 2. The van der Waals surface area contributed by atoms with Crippen molar-refractivity contribution in [2.45, 2.75) is 39.4 Å². The lowest BCUT2D eigenvalue weighted by molar-refractivity contribution is -0.138. The SMILES string of the molecule is CCCc1nc(C)cc(C(F)(F)F)c1CN. The van der Waals surface area contributed by atoms with Gasteiger partial charge < -0.3 is 5.73 Å². The van der Waals surface area contributed by atoms with Crippen molar-refractivity contribution >= 4 is 0 Å². The minimum absolute atomic E-state index is 0.125. The highest BCUT2D eigenvalue weighted by atomic mass is 19.4. The molecule has 0 radical (unpaired) electrons. The summed E-state index contributed by atoms with van der Waals surface area (Å²) in [5, 5.41) is 0. The van der Waals surface area contributed by atoms with E-state index in [9.17, 15) is 13.2 Å². The fourth-order valence-electron chi connectivity index (χ4n) is 1.69. The van der Waals surface area contributed by atoms with Crippen molar-refractivity contribution in [3.8, 4) is 0 Å². The first-order valence-electron chi connectivity index (χ1n) is 5.16. The van der Waals surface area contributed by atoms with E-state index in [-0.39, 0.29) is 12.1 Å². The Balaban J connectivity index is 3.36. The summed E-state index contributed by atoms with van der Waals surface area (Å²) in [5.74, 6) is 0. The summed E-state index contributed by atoms with van der Waals surface area (Å²) in [6, 6.07) is 1.06.